The van der Waals surface area contributed by atoms with E-state index in [0.717, 1.165) is 28.5 Å². The number of imidazole rings is 1. The van der Waals surface area contributed by atoms with E-state index < -0.39 is 17.5 Å². The maximum Gasteiger partial charge on any atom is 0.337 e. The summed E-state index contributed by atoms with van der Waals surface area (Å²) in [5.41, 5.74) is 2.05. The number of para-hydroxylation sites is 2. The quantitative estimate of drug-likeness (QED) is 0.601. The third-order valence-corrected chi connectivity index (χ3v) is 4.92. The Kier molecular flexibility index (Phi) is 4.75. The van der Waals surface area contributed by atoms with Crippen molar-refractivity contribution in [1.82, 2.24) is 19.9 Å². The molecule has 9 heteroatoms. The number of carbonyl (C=O) groups excluding carboxylic acids is 1. The van der Waals surface area contributed by atoms with Gasteiger partial charge in [0.2, 0.25) is 5.91 Å². The van der Waals surface area contributed by atoms with E-state index in [1.54, 1.807) is 10.1 Å². The van der Waals surface area contributed by atoms with E-state index in [2.05, 4.69) is 15.3 Å². The van der Waals surface area contributed by atoms with Gasteiger partial charge < -0.3 is 20.1 Å². The third kappa shape index (κ3) is 3.44. The van der Waals surface area contributed by atoms with Crippen LogP contribution in [0.2, 0.25) is 0 Å². The molecule has 8 nitrogen and oxygen atoms in total. The summed E-state index contributed by atoms with van der Waals surface area (Å²) in [6, 6.07) is 7.45. The molecular weight excluding hydrogens is 356 g/mol. The molecule has 0 spiro atoms. The van der Waals surface area contributed by atoms with Gasteiger partial charge in [0.25, 0.3) is 0 Å². The molecule has 0 aliphatic rings. The predicted octanol–water partition coefficient (Wildman–Crippen LogP) is 1.42. The van der Waals surface area contributed by atoms with Crippen LogP contribution in [0.15, 0.2) is 29.8 Å². The normalized spacial score (nSPS) is 13.5. The molecule has 0 radical (unpaired) electrons. The van der Waals surface area contributed by atoms with Gasteiger partial charge in [-0.2, -0.15) is 0 Å². The summed E-state index contributed by atoms with van der Waals surface area (Å²) in [5, 5.41) is 21.1. The molecule has 1 unspecified atom stereocenters. The van der Waals surface area contributed by atoms with Gasteiger partial charge in [0.1, 0.15) is 6.54 Å². The van der Waals surface area contributed by atoms with Crippen molar-refractivity contribution in [3.05, 3.63) is 35.5 Å². The Balaban J connectivity index is 1.91. The van der Waals surface area contributed by atoms with Crippen molar-refractivity contribution >= 4 is 34.2 Å². The molecule has 0 aliphatic carbocycles. The minimum Gasteiger partial charge on any atom is -0.479 e. The molecule has 1 atom stereocenters. The first-order valence-electron chi connectivity index (χ1n) is 7.88. The summed E-state index contributed by atoms with van der Waals surface area (Å²) in [5.74, 6) is -1.18. The minimum atomic E-state index is -2.02. The maximum absolute atomic E-state index is 12.4. The van der Waals surface area contributed by atoms with Gasteiger partial charge in [0.15, 0.2) is 11.4 Å². The molecule has 3 aromatic rings. The highest BCUT2D eigenvalue weighted by atomic mass is 32.1. The lowest BCUT2D eigenvalue weighted by atomic mass is 10.1. The zero-order chi connectivity index (χ0) is 18.9. The van der Waals surface area contributed by atoms with Crippen LogP contribution < -0.4 is 5.32 Å². The van der Waals surface area contributed by atoms with Crippen LogP contribution in [0, 0.1) is 6.92 Å². The van der Waals surface area contributed by atoms with Crippen molar-refractivity contribution in [3.8, 4) is 10.7 Å². The summed E-state index contributed by atoms with van der Waals surface area (Å²) in [6.07, 6.45) is 0. The van der Waals surface area contributed by atoms with E-state index in [1.165, 1.54) is 11.3 Å². The van der Waals surface area contributed by atoms with E-state index in [0.29, 0.717) is 5.82 Å². The number of carboxylic acid groups (broad SMARTS) is 1. The van der Waals surface area contributed by atoms with Crippen LogP contribution >= 0.6 is 11.3 Å². The second-order valence-corrected chi connectivity index (χ2v) is 6.99. The number of rotatable bonds is 6. The highest BCUT2D eigenvalue weighted by Gasteiger charge is 2.30. The fraction of sp³-hybridized carbons (Fsp3) is 0.294. The van der Waals surface area contributed by atoms with Crippen LogP contribution in [-0.2, 0) is 16.1 Å². The van der Waals surface area contributed by atoms with Gasteiger partial charge in [-0.1, -0.05) is 12.1 Å². The average Bonchev–Trinajstić information content (AvgIpc) is 3.17. The number of aryl methyl sites for hydroxylation is 1. The molecule has 2 heterocycles. The summed E-state index contributed by atoms with van der Waals surface area (Å²) in [6.45, 7) is 2.57. The lowest BCUT2D eigenvalue weighted by molar-refractivity contribution is -0.156. The fourth-order valence-electron chi connectivity index (χ4n) is 2.47. The van der Waals surface area contributed by atoms with Crippen LogP contribution in [0.5, 0.6) is 0 Å². The number of hydrogen-bond acceptors (Lipinski definition) is 6. The molecule has 26 heavy (non-hydrogen) atoms. The van der Waals surface area contributed by atoms with Gasteiger partial charge >= 0.3 is 5.97 Å². The van der Waals surface area contributed by atoms with E-state index in [-0.39, 0.29) is 13.1 Å². The number of thiazole rings is 1. The molecule has 1 amide bonds. The third-order valence-electron chi connectivity index (χ3n) is 4.00. The number of nitrogens with zero attached hydrogens (tertiary/aromatic N) is 3. The largest absolute Gasteiger partial charge is 0.479 e. The Morgan fingerprint density at radius 1 is 1.35 bits per heavy atom. The number of aromatic nitrogens is 3. The van der Waals surface area contributed by atoms with Crippen molar-refractivity contribution in [2.45, 2.75) is 26.0 Å². The number of carbonyl (C=O) groups is 2. The Morgan fingerprint density at radius 3 is 2.73 bits per heavy atom. The molecule has 136 valence electrons. The van der Waals surface area contributed by atoms with Crippen molar-refractivity contribution in [2.24, 2.45) is 0 Å². The predicted molar refractivity (Wildman–Crippen MR) is 96.8 cm³/mol. The molecule has 0 saturated carbocycles. The first-order valence-corrected chi connectivity index (χ1v) is 8.76. The average molecular weight is 374 g/mol. The van der Waals surface area contributed by atoms with Gasteiger partial charge in [0, 0.05) is 0 Å². The Labute approximate surface area is 153 Å². The van der Waals surface area contributed by atoms with Crippen molar-refractivity contribution < 1.29 is 19.8 Å². The van der Waals surface area contributed by atoms with Gasteiger partial charge in [-0.25, -0.2) is 14.8 Å². The molecule has 3 N–H and O–H groups in total. The summed E-state index contributed by atoms with van der Waals surface area (Å²) >= 11 is 1.44. The van der Waals surface area contributed by atoms with E-state index in [1.807, 2.05) is 31.2 Å². The molecule has 2 aromatic heterocycles. The van der Waals surface area contributed by atoms with E-state index >= 15 is 0 Å². The number of benzene rings is 1. The monoisotopic (exact) mass is 374 g/mol. The number of aliphatic hydroxyl groups is 1. The lowest BCUT2D eigenvalue weighted by Crippen LogP contribution is -2.47. The summed E-state index contributed by atoms with van der Waals surface area (Å²) < 4.78 is 1.76. The topological polar surface area (TPSA) is 117 Å². The van der Waals surface area contributed by atoms with Gasteiger partial charge in [-0.3, -0.25) is 4.79 Å². The van der Waals surface area contributed by atoms with Crippen LogP contribution in [0.25, 0.3) is 21.7 Å². The van der Waals surface area contributed by atoms with Crippen molar-refractivity contribution in [3.63, 3.8) is 0 Å². The first-order chi connectivity index (χ1) is 12.3. The Hall–Kier alpha value is -2.78. The van der Waals surface area contributed by atoms with Crippen LogP contribution in [0.3, 0.4) is 0 Å². The second-order valence-electron chi connectivity index (χ2n) is 6.13. The van der Waals surface area contributed by atoms with Crippen molar-refractivity contribution in [1.29, 1.82) is 0 Å². The highest BCUT2D eigenvalue weighted by molar-refractivity contribution is 7.13. The van der Waals surface area contributed by atoms with Crippen LogP contribution in [0.1, 0.15) is 12.6 Å². The number of nitrogens with one attached hydrogen (secondary N) is 1. The zero-order valence-electron chi connectivity index (χ0n) is 14.3. The number of hydrogen-bond donors (Lipinski definition) is 3. The van der Waals surface area contributed by atoms with Crippen LogP contribution in [-0.4, -0.2) is 48.8 Å². The highest BCUT2D eigenvalue weighted by Crippen LogP contribution is 2.29. The first kappa shape index (κ1) is 18.0. The number of fused-ring (bicyclic) bond motifs is 1. The molecule has 0 saturated heterocycles. The minimum absolute atomic E-state index is 0.0527. The summed E-state index contributed by atoms with van der Waals surface area (Å²) in [4.78, 5) is 33.0. The number of carboxylic acids is 1. The second kappa shape index (κ2) is 6.85. The molecule has 0 aliphatic heterocycles. The van der Waals surface area contributed by atoms with Gasteiger partial charge in [-0.05, 0) is 26.0 Å². The van der Waals surface area contributed by atoms with Gasteiger partial charge in [-0.15, -0.1) is 11.3 Å². The van der Waals surface area contributed by atoms with Crippen molar-refractivity contribution in [2.75, 3.05) is 6.54 Å². The lowest BCUT2D eigenvalue weighted by Gasteiger charge is -2.18. The van der Waals surface area contributed by atoms with E-state index in [4.69, 9.17) is 5.11 Å². The molecule has 0 bridgehead atoms. The van der Waals surface area contributed by atoms with E-state index in [9.17, 15) is 14.7 Å². The smallest absolute Gasteiger partial charge is 0.337 e. The Morgan fingerprint density at radius 2 is 2.08 bits per heavy atom. The van der Waals surface area contributed by atoms with Gasteiger partial charge in [0.05, 0.1) is 33.7 Å². The number of amides is 1. The summed E-state index contributed by atoms with van der Waals surface area (Å²) in [7, 11) is 0. The van der Waals surface area contributed by atoms with Crippen LogP contribution in [0.4, 0.5) is 0 Å². The number of aliphatic carboxylic acids is 1. The fourth-order valence-corrected chi connectivity index (χ4v) is 3.27. The molecule has 1 aromatic carbocycles. The standard InChI is InChI=1S/C17H18N4O4S/c1-10-14(26-9-19-10)15-20-11-5-3-4-6-12(11)21(15)7-13(22)18-8-17(2,25)16(23)24/h3-6,9,25H,7-8H2,1-2H3,(H,18,22)(H,23,24). The molecular formula is C17H18N4O4S. The zero-order valence-corrected chi connectivity index (χ0v) is 15.1. The molecule has 0 fully saturated rings. The SMILES string of the molecule is Cc1ncsc1-c1nc2ccccc2n1CC(=O)NCC(C)(O)C(=O)O. The Bertz CT molecular complexity index is 976. The maximum atomic E-state index is 12.4. The molecule has 3 rings (SSSR count).